The molecule has 1 aromatic rings. The normalized spacial score (nSPS) is 22.3. The standard InChI is InChI=1S/C12H16F2N4O2/c1-8(9-3-4-15-7-16-9)18(2)11(19)17-10-5-20-6-12(10,13)14/h3-4,7-8,10H,5-6H2,1-2H3,(H,17,19)/t8-,10-/m1/s1. The van der Waals surface area contributed by atoms with Crippen LogP contribution in [-0.2, 0) is 4.74 Å². The highest BCUT2D eigenvalue weighted by Gasteiger charge is 2.46. The molecule has 110 valence electrons. The lowest BCUT2D eigenvalue weighted by atomic mass is 10.2. The van der Waals surface area contributed by atoms with Crippen LogP contribution in [0.3, 0.4) is 0 Å². The maximum absolute atomic E-state index is 13.4. The van der Waals surface area contributed by atoms with Crippen LogP contribution in [0.25, 0.3) is 0 Å². The van der Waals surface area contributed by atoms with E-state index in [1.807, 2.05) is 0 Å². The fourth-order valence-corrected chi connectivity index (χ4v) is 1.86. The van der Waals surface area contributed by atoms with Gasteiger partial charge >= 0.3 is 6.03 Å². The van der Waals surface area contributed by atoms with Gasteiger partial charge in [-0.05, 0) is 13.0 Å². The fourth-order valence-electron chi connectivity index (χ4n) is 1.86. The van der Waals surface area contributed by atoms with Crippen LogP contribution in [-0.4, -0.2) is 53.1 Å². The summed E-state index contributed by atoms with van der Waals surface area (Å²) < 4.78 is 31.4. The zero-order valence-electron chi connectivity index (χ0n) is 11.2. The van der Waals surface area contributed by atoms with Crippen LogP contribution in [0.15, 0.2) is 18.6 Å². The van der Waals surface area contributed by atoms with Crippen molar-refractivity contribution < 1.29 is 18.3 Å². The number of alkyl halides is 2. The molecule has 0 spiro atoms. The maximum Gasteiger partial charge on any atom is 0.318 e. The minimum absolute atomic E-state index is 0.186. The Morgan fingerprint density at radius 2 is 2.40 bits per heavy atom. The number of amides is 2. The van der Waals surface area contributed by atoms with Crippen LogP contribution >= 0.6 is 0 Å². The second-order valence-electron chi connectivity index (χ2n) is 4.70. The van der Waals surface area contributed by atoms with Crippen LogP contribution in [0.2, 0.25) is 0 Å². The van der Waals surface area contributed by atoms with Gasteiger partial charge in [-0.1, -0.05) is 0 Å². The Hall–Kier alpha value is -1.83. The number of nitrogens with one attached hydrogen (secondary N) is 1. The molecule has 1 N–H and O–H groups in total. The lowest BCUT2D eigenvalue weighted by Crippen LogP contribution is -2.51. The molecule has 1 aliphatic rings. The minimum atomic E-state index is -3.03. The largest absolute Gasteiger partial charge is 0.373 e. The van der Waals surface area contributed by atoms with E-state index < -0.39 is 24.6 Å². The molecule has 0 bridgehead atoms. The summed E-state index contributed by atoms with van der Waals surface area (Å²) in [5, 5.41) is 2.29. The first-order valence-electron chi connectivity index (χ1n) is 6.16. The molecule has 1 aromatic heterocycles. The van der Waals surface area contributed by atoms with Crippen LogP contribution < -0.4 is 5.32 Å². The lowest BCUT2D eigenvalue weighted by Gasteiger charge is -2.27. The molecule has 1 aliphatic heterocycles. The highest BCUT2D eigenvalue weighted by Crippen LogP contribution is 2.25. The average molecular weight is 286 g/mol. The lowest BCUT2D eigenvalue weighted by molar-refractivity contribution is -0.0223. The molecule has 1 fully saturated rings. The summed E-state index contributed by atoms with van der Waals surface area (Å²) in [6, 6.07) is -0.572. The summed E-state index contributed by atoms with van der Waals surface area (Å²) in [4.78, 5) is 21.1. The SMILES string of the molecule is C[C@H](c1ccncn1)N(C)C(=O)N[C@@H]1COCC1(F)F. The van der Waals surface area contributed by atoms with Crippen molar-refractivity contribution in [2.45, 2.75) is 24.9 Å². The van der Waals surface area contributed by atoms with E-state index in [1.54, 1.807) is 19.2 Å². The van der Waals surface area contributed by atoms with E-state index in [2.05, 4.69) is 15.3 Å². The molecular formula is C12H16F2N4O2. The van der Waals surface area contributed by atoms with E-state index in [0.29, 0.717) is 5.69 Å². The Morgan fingerprint density at radius 3 is 2.95 bits per heavy atom. The number of urea groups is 1. The first kappa shape index (κ1) is 14.6. The zero-order chi connectivity index (χ0) is 14.8. The number of ether oxygens (including phenoxy) is 1. The minimum Gasteiger partial charge on any atom is -0.373 e. The predicted octanol–water partition coefficient (Wildman–Crippen LogP) is 1.21. The van der Waals surface area contributed by atoms with Crippen molar-refractivity contribution in [3.63, 3.8) is 0 Å². The van der Waals surface area contributed by atoms with Crippen LogP contribution in [0.4, 0.5) is 13.6 Å². The van der Waals surface area contributed by atoms with E-state index in [9.17, 15) is 13.6 Å². The monoisotopic (exact) mass is 286 g/mol. The molecule has 2 atom stereocenters. The molecule has 1 saturated heterocycles. The van der Waals surface area contributed by atoms with Crippen LogP contribution in [0, 0.1) is 0 Å². The molecular weight excluding hydrogens is 270 g/mol. The number of rotatable bonds is 3. The molecule has 0 radical (unpaired) electrons. The molecule has 6 nitrogen and oxygen atoms in total. The van der Waals surface area contributed by atoms with Gasteiger partial charge in [-0.25, -0.2) is 23.5 Å². The fraction of sp³-hybridized carbons (Fsp3) is 0.583. The second kappa shape index (κ2) is 5.66. The van der Waals surface area contributed by atoms with E-state index in [0.717, 1.165) is 0 Å². The van der Waals surface area contributed by atoms with Gasteiger partial charge in [0.15, 0.2) is 0 Å². The van der Waals surface area contributed by atoms with Crippen molar-refractivity contribution in [3.05, 3.63) is 24.3 Å². The first-order chi connectivity index (χ1) is 9.42. The summed E-state index contributed by atoms with van der Waals surface area (Å²) in [6.45, 7) is 0.906. The first-order valence-corrected chi connectivity index (χ1v) is 6.16. The average Bonchev–Trinajstić information content (AvgIpc) is 2.77. The predicted molar refractivity (Wildman–Crippen MR) is 66.3 cm³/mol. The number of nitrogens with zero attached hydrogens (tertiary/aromatic N) is 3. The topological polar surface area (TPSA) is 67.4 Å². The van der Waals surface area contributed by atoms with Gasteiger partial charge in [0.2, 0.25) is 0 Å². The molecule has 8 heteroatoms. The van der Waals surface area contributed by atoms with Gasteiger partial charge in [0.1, 0.15) is 19.0 Å². The van der Waals surface area contributed by atoms with E-state index in [4.69, 9.17) is 4.74 Å². The Labute approximate surface area is 115 Å². The third-order valence-corrected chi connectivity index (χ3v) is 3.32. The van der Waals surface area contributed by atoms with Crippen molar-refractivity contribution >= 4 is 6.03 Å². The summed E-state index contributed by atoms with van der Waals surface area (Å²) in [7, 11) is 1.52. The second-order valence-corrected chi connectivity index (χ2v) is 4.70. The number of carbonyl (C=O) groups excluding carboxylic acids is 1. The van der Waals surface area contributed by atoms with Gasteiger partial charge in [-0.2, -0.15) is 0 Å². The highest BCUT2D eigenvalue weighted by molar-refractivity contribution is 5.74. The van der Waals surface area contributed by atoms with Crippen molar-refractivity contribution in [1.82, 2.24) is 20.2 Å². The third kappa shape index (κ3) is 3.01. The zero-order valence-corrected chi connectivity index (χ0v) is 11.2. The van der Waals surface area contributed by atoms with E-state index in [-0.39, 0.29) is 12.6 Å². The van der Waals surface area contributed by atoms with Crippen LogP contribution in [0.1, 0.15) is 18.7 Å². The Morgan fingerprint density at radius 1 is 1.65 bits per heavy atom. The number of hydrogen-bond acceptors (Lipinski definition) is 4. The smallest absolute Gasteiger partial charge is 0.318 e. The third-order valence-electron chi connectivity index (χ3n) is 3.32. The van der Waals surface area contributed by atoms with E-state index in [1.165, 1.54) is 18.3 Å². The van der Waals surface area contributed by atoms with E-state index >= 15 is 0 Å². The molecule has 0 saturated carbocycles. The summed E-state index contributed by atoms with van der Waals surface area (Å²) >= 11 is 0. The van der Waals surface area contributed by atoms with Gasteiger partial charge in [0.25, 0.3) is 5.92 Å². The summed E-state index contributed by atoms with van der Waals surface area (Å²) in [5.41, 5.74) is 0.632. The Bertz CT molecular complexity index is 472. The highest BCUT2D eigenvalue weighted by atomic mass is 19.3. The quantitative estimate of drug-likeness (QED) is 0.907. The number of halogens is 2. The molecule has 2 rings (SSSR count). The molecule has 20 heavy (non-hydrogen) atoms. The van der Waals surface area contributed by atoms with Crippen molar-refractivity contribution in [2.75, 3.05) is 20.3 Å². The molecule has 2 amide bonds. The number of hydrogen-bond donors (Lipinski definition) is 1. The number of aromatic nitrogens is 2. The summed E-state index contributed by atoms with van der Waals surface area (Å²) in [5.74, 6) is -3.03. The summed E-state index contributed by atoms with van der Waals surface area (Å²) in [6.07, 6.45) is 2.93. The Balaban J connectivity index is 1.99. The molecule has 2 heterocycles. The van der Waals surface area contributed by atoms with Gasteiger partial charge in [-0.3, -0.25) is 0 Å². The van der Waals surface area contributed by atoms with Gasteiger partial charge < -0.3 is 15.0 Å². The molecule has 0 aromatic carbocycles. The van der Waals surface area contributed by atoms with Crippen molar-refractivity contribution in [3.8, 4) is 0 Å². The maximum atomic E-state index is 13.4. The van der Waals surface area contributed by atoms with Gasteiger partial charge in [-0.15, -0.1) is 0 Å². The Kier molecular flexibility index (Phi) is 4.12. The number of carbonyl (C=O) groups is 1. The molecule has 0 aliphatic carbocycles. The van der Waals surface area contributed by atoms with Crippen LogP contribution in [0.5, 0.6) is 0 Å². The van der Waals surface area contributed by atoms with Crippen molar-refractivity contribution in [2.24, 2.45) is 0 Å². The molecule has 0 unspecified atom stereocenters. The van der Waals surface area contributed by atoms with Gasteiger partial charge in [0, 0.05) is 13.2 Å². The van der Waals surface area contributed by atoms with Gasteiger partial charge in [0.05, 0.1) is 18.3 Å². The van der Waals surface area contributed by atoms with Crippen molar-refractivity contribution in [1.29, 1.82) is 0 Å².